The zero-order chi connectivity index (χ0) is 18.6. The van der Waals surface area contributed by atoms with Crippen LogP contribution in [0.5, 0.6) is 0 Å². The van der Waals surface area contributed by atoms with Crippen molar-refractivity contribution in [2.24, 2.45) is 11.7 Å². The number of carbonyl (C=O) groups is 1. The summed E-state index contributed by atoms with van der Waals surface area (Å²) in [6.07, 6.45) is 0. The largest absolute Gasteiger partial charge is 0.373 e. The molecule has 1 amide bonds. The number of ether oxygens (including phenoxy) is 1. The molecule has 0 saturated carbocycles. The highest BCUT2D eigenvalue weighted by atomic mass is 35.5. The summed E-state index contributed by atoms with van der Waals surface area (Å²) in [7, 11) is 0. The number of morpholine rings is 1. The van der Waals surface area contributed by atoms with Gasteiger partial charge < -0.3 is 15.8 Å². The fraction of sp³-hybridized carbons (Fsp3) is 0.632. The molecule has 26 heavy (non-hydrogen) atoms. The van der Waals surface area contributed by atoms with Crippen molar-refractivity contribution in [1.29, 1.82) is 0 Å². The van der Waals surface area contributed by atoms with E-state index in [2.05, 4.69) is 24.1 Å². The molecule has 0 aliphatic carbocycles. The van der Waals surface area contributed by atoms with E-state index in [0.717, 1.165) is 18.7 Å². The third-order valence-electron chi connectivity index (χ3n) is 4.64. The summed E-state index contributed by atoms with van der Waals surface area (Å²) < 4.78 is 5.83. The number of rotatable bonds is 6. The van der Waals surface area contributed by atoms with Crippen LogP contribution >= 0.6 is 24.0 Å². The van der Waals surface area contributed by atoms with Crippen molar-refractivity contribution in [3.05, 3.63) is 34.9 Å². The van der Waals surface area contributed by atoms with Crippen LogP contribution in [-0.4, -0.2) is 48.7 Å². The highest BCUT2D eigenvalue weighted by Gasteiger charge is 2.32. The third-order valence-corrected chi connectivity index (χ3v) is 4.89. The van der Waals surface area contributed by atoms with Crippen molar-refractivity contribution in [2.45, 2.75) is 45.4 Å². The summed E-state index contributed by atoms with van der Waals surface area (Å²) in [5, 5.41) is 3.73. The smallest absolute Gasteiger partial charge is 0.237 e. The van der Waals surface area contributed by atoms with Gasteiger partial charge in [0.2, 0.25) is 5.91 Å². The summed E-state index contributed by atoms with van der Waals surface area (Å²) >= 11 is 6.03. The topological polar surface area (TPSA) is 67.6 Å². The van der Waals surface area contributed by atoms with Gasteiger partial charge in [0.05, 0.1) is 24.3 Å². The molecule has 3 N–H and O–H groups in total. The van der Waals surface area contributed by atoms with Crippen molar-refractivity contribution >= 4 is 29.9 Å². The molecule has 7 heteroatoms. The minimum atomic E-state index is -0.494. The Morgan fingerprint density at radius 1 is 1.35 bits per heavy atom. The maximum atomic E-state index is 12.3. The molecular formula is C19H31Cl2N3O2. The fourth-order valence-electron chi connectivity index (χ4n) is 3.08. The van der Waals surface area contributed by atoms with Crippen LogP contribution in [-0.2, 0) is 9.53 Å². The third kappa shape index (κ3) is 6.39. The van der Waals surface area contributed by atoms with E-state index in [4.69, 9.17) is 22.1 Å². The molecule has 1 aliphatic heterocycles. The summed E-state index contributed by atoms with van der Waals surface area (Å²) in [5.74, 6) is -0.00205. The molecule has 1 heterocycles. The second kappa shape index (κ2) is 9.90. The van der Waals surface area contributed by atoms with E-state index in [9.17, 15) is 4.79 Å². The summed E-state index contributed by atoms with van der Waals surface area (Å²) in [4.78, 5) is 14.6. The zero-order valence-electron chi connectivity index (χ0n) is 16.0. The van der Waals surface area contributed by atoms with Crippen molar-refractivity contribution in [3.8, 4) is 0 Å². The van der Waals surface area contributed by atoms with Crippen LogP contribution in [0.3, 0.4) is 0 Å². The van der Waals surface area contributed by atoms with Gasteiger partial charge in [-0.2, -0.15) is 0 Å². The summed E-state index contributed by atoms with van der Waals surface area (Å²) in [5.41, 5.74) is 6.88. The van der Waals surface area contributed by atoms with Crippen molar-refractivity contribution in [1.82, 2.24) is 10.2 Å². The van der Waals surface area contributed by atoms with Crippen LogP contribution in [0.2, 0.25) is 5.02 Å². The first kappa shape index (κ1) is 23.2. The second-order valence-electron chi connectivity index (χ2n) is 7.66. The SMILES string of the molecule is CC(C)[C@H](N)C(=O)NCC(c1ccc(Cl)cc1)N1CCOC(C)(C)C1.Cl. The molecule has 0 bridgehead atoms. The molecule has 1 fully saturated rings. The molecule has 2 atom stereocenters. The van der Waals surface area contributed by atoms with Gasteiger partial charge in [0.1, 0.15) is 0 Å². The Bertz CT molecular complexity index is 579. The zero-order valence-corrected chi connectivity index (χ0v) is 17.6. The number of carbonyl (C=O) groups excluding carboxylic acids is 1. The standard InChI is InChI=1S/C19H30ClN3O2.ClH/c1-13(2)17(21)18(24)22-11-16(14-5-7-15(20)8-6-14)23-9-10-25-19(3,4)12-23;/h5-8,13,16-17H,9-12,21H2,1-4H3,(H,22,24);1H/t16?,17-;/m0./s1. The fourth-order valence-corrected chi connectivity index (χ4v) is 3.21. The first-order chi connectivity index (χ1) is 11.7. The van der Waals surface area contributed by atoms with E-state index in [1.54, 1.807) is 0 Å². The van der Waals surface area contributed by atoms with Gasteiger partial charge in [-0.05, 0) is 37.5 Å². The van der Waals surface area contributed by atoms with Gasteiger partial charge >= 0.3 is 0 Å². The molecule has 1 aliphatic rings. The average Bonchev–Trinajstić information content (AvgIpc) is 2.54. The van der Waals surface area contributed by atoms with Gasteiger partial charge in [-0.15, -0.1) is 12.4 Å². The Morgan fingerprint density at radius 3 is 2.50 bits per heavy atom. The van der Waals surface area contributed by atoms with E-state index < -0.39 is 6.04 Å². The van der Waals surface area contributed by atoms with Crippen molar-refractivity contribution in [3.63, 3.8) is 0 Å². The van der Waals surface area contributed by atoms with Gasteiger partial charge in [-0.1, -0.05) is 37.6 Å². The highest BCUT2D eigenvalue weighted by molar-refractivity contribution is 6.30. The molecule has 148 valence electrons. The lowest BCUT2D eigenvalue weighted by Crippen LogP contribution is -2.52. The van der Waals surface area contributed by atoms with Gasteiger partial charge in [0, 0.05) is 24.7 Å². The Kier molecular flexibility index (Phi) is 8.83. The molecule has 0 spiro atoms. The van der Waals surface area contributed by atoms with E-state index in [-0.39, 0.29) is 35.9 Å². The molecule has 1 aromatic carbocycles. The number of halogens is 2. The van der Waals surface area contributed by atoms with Crippen LogP contribution in [0.1, 0.15) is 39.3 Å². The van der Waals surface area contributed by atoms with Crippen LogP contribution in [0.25, 0.3) is 0 Å². The lowest BCUT2D eigenvalue weighted by atomic mass is 10.00. The maximum Gasteiger partial charge on any atom is 0.237 e. The number of nitrogens with zero attached hydrogens (tertiary/aromatic N) is 1. The quantitative estimate of drug-likeness (QED) is 0.765. The predicted octanol–water partition coefficient (Wildman–Crippen LogP) is 3.01. The molecule has 0 aromatic heterocycles. The van der Waals surface area contributed by atoms with E-state index in [1.165, 1.54) is 0 Å². The lowest BCUT2D eigenvalue weighted by Gasteiger charge is -2.42. The van der Waals surface area contributed by atoms with Crippen molar-refractivity contribution in [2.75, 3.05) is 26.2 Å². The molecule has 1 saturated heterocycles. The summed E-state index contributed by atoms with van der Waals surface area (Å²) in [6, 6.07) is 7.37. The minimum Gasteiger partial charge on any atom is -0.373 e. The Morgan fingerprint density at radius 2 is 1.96 bits per heavy atom. The van der Waals surface area contributed by atoms with E-state index >= 15 is 0 Å². The number of amides is 1. The number of hydrogen-bond acceptors (Lipinski definition) is 4. The first-order valence-electron chi connectivity index (χ1n) is 8.86. The van der Waals surface area contributed by atoms with Crippen LogP contribution in [0.4, 0.5) is 0 Å². The van der Waals surface area contributed by atoms with Crippen molar-refractivity contribution < 1.29 is 9.53 Å². The van der Waals surface area contributed by atoms with Crippen LogP contribution < -0.4 is 11.1 Å². The lowest BCUT2D eigenvalue weighted by molar-refractivity contribution is -0.124. The van der Waals surface area contributed by atoms with Crippen LogP contribution in [0.15, 0.2) is 24.3 Å². The highest BCUT2D eigenvalue weighted by Crippen LogP contribution is 2.27. The normalized spacial score (nSPS) is 19.5. The Labute approximate surface area is 168 Å². The average molecular weight is 404 g/mol. The molecule has 2 rings (SSSR count). The number of nitrogens with two attached hydrogens (primary N) is 1. The first-order valence-corrected chi connectivity index (χ1v) is 9.24. The minimum absolute atomic E-state index is 0. The van der Waals surface area contributed by atoms with E-state index in [0.29, 0.717) is 18.2 Å². The molecular weight excluding hydrogens is 373 g/mol. The van der Waals surface area contributed by atoms with Gasteiger partial charge in [0.25, 0.3) is 0 Å². The Balaban J connectivity index is 0.00000338. The number of hydrogen-bond donors (Lipinski definition) is 2. The van der Waals surface area contributed by atoms with Gasteiger partial charge in [-0.3, -0.25) is 9.69 Å². The van der Waals surface area contributed by atoms with Crippen LogP contribution in [0, 0.1) is 5.92 Å². The molecule has 1 unspecified atom stereocenters. The van der Waals surface area contributed by atoms with E-state index in [1.807, 2.05) is 38.1 Å². The van der Waals surface area contributed by atoms with Gasteiger partial charge in [0.15, 0.2) is 0 Å². The predicted molar refractivity (Wildman–Crippen MR) is 109 cm³/mol. The molecule has 1 aromatic rings. The number of nitrogens with one attached hydrogen (secondary N) is 1. The summed E-state index contributed by atoms with van der Waals surface area (Å²) in [6.45, 7) is 10.9. The second-order valence-corrected chi connectivity index (χ2v) is 8.10. The monoisotopic (exact) mass is 403 g/mol. The Hall–Kier alpha value is -0.850. The number of benzene rings is 1. The maximum absolute atomic E-state index is 12.3. The molecule has 0 radical (unpaired) electrons. The van der Waals surface area contributed by atoms with Gasteiger partial charge in [-0.25, -0.2) is 0 Å². The molecule has 5 nitrogen and oxygen atoms in total.